The van der Waals surface area contributed by atoms with Crippen LogP contribution in [-0.2, 0) is 10.0 Å². The van der Waals surface area contributed by atoms with Crippen LogP contribution in [0.5, 0.6) is 5.75 Å². The molecule has 0 aliphatic carbocycles. The molecule has 0 aliphatic heterocycles. The van der Waals surface area contributed by atoms with Gasteiger partial charge in [-0.1, -0.05) is 6.07 Å². The van der Waals surface area contributed by atoms with Crippen LogP contribution in [-0.4, -0.2) is 35.1 Å². The number of aromatic nitrogens is 3. The van der Waals surface area contributed by atoms with E-state index >= 15 is 0 Å². The van der Waals surface area contributed by atoms with Gasteiger partial charge in [0.1, 0.15) is 0 Å². The summed E-state index contributed by atoms with van der Waals surface area (Å²) in [5.74, 6) is -0.101. The number of nitro groups is 1. The SMILES string of the molecule is CCOc1c(-c2n[nH]c(S(N)(=O)=O)n2)cccc1[N+](=O)[O-]. The van der Waals surface area contributed by atoms with Crippen LogP contribution < -0.4 is 9.88 Å². The highest BCUT2D eigenvalue weighted by Crippen LogP contribution is 2.36. The minimum atomic E-state index is -4.05. The third-order valence-corrected chi connectivity index (χ3v) is 3.18. The van der Waals surface area contributed by atoms with E-state index in [4.69, 9.17) is 9.88 Å². The van der Waals surface area contributed by atoms with E-state index in [-0.39, 0.29) is 29.4 Å². The van der Waals surface area contributed by atoms with Gasteiger partial charge in [-0.2, -0.15) is 10.1 Å². The Morgan fingerprint density at radius 3 is 2.71 bits per heavy atom. The fourth-order valence-electron chi connectivity index (χ4n) is 1.64. The van der Waals surface area contributed by atoms with Crippen molar-refractivity contribution in [3.05, 3.63) is 28.3 Å². The zero-order valence-electron chi connectivity index (χ0n) is 10.8. The van der Waals surface area contributed by atoms with Gasteiger partial charge in [0.25, 0.3) is 15.2 Å². The lowest BCUT2D eigenvalue weighted by Crippen LogP contribution is -2.13. The Morgan fingerprint density at radius 2 is 2.19 bits per heavy atom. The maximum absolute atomic E-state index is 11.2. The molecule has 1 heterocycles. The average Bonchev–Trinajstić information content (AvgIpc) is 2.88. The van der Waals surface area contributed by atoms with Gasteiger partial charge in [-0.05, 0) is 13.0 Å². The molecular weight excluding hydrogens is 302 g/mol. The van der Waals surface area contributed by atoms with E-state index in [1.807, 2.05) is 0 Å². The topological polar surface area (TPSA) is 154 Å². The van der Waals surface area contributed by atoms with Crippen LogP contribution in [0.3, 0.4) is 0 Å². The Morgan fingerprint density at radius 1 is 1.48 bits per heavy atom. The normalized spacial score (nSPS) is 11.3. The molecule has 1 aromatic carbocycles. The Balaban J connectivity index is 2.60. The molecule has 0 spiro atoms. The molecule has 0 atom stereocenters. The standard InChI is InChI=1S/C10H11N5O5S/c1-2-20-8-6(4-3-5-7(8)15(16)17)9-12-10(14-13-9)21(11,18)19/h3-5H,2H2,1H3,(H2,11,18,19)(H,12,13,14). The molecule has 112 valence electrons. The van der Waals surface area contributed by atoms with E-state index in [2.05, 4.69) is 15.2 Å². The zero-order chi connectivity index (χ0) is 15.6. The van der Waals surface area contributed by atoms with Crippen LogP contribution in [0, 0.1) is 10.1 Å². The molecule has 0 fully saturated rings. The summed E-state index contributed by atoms with van der Waals surface area (Å²) in [5.41, 5.74) is -0.0755. The molecular formula is C10H11N5O5S. The van der Waals surface area contributed by atoms with Crippen LogP contribution in [0.2, 0.25) is 0 Å². The van der Waals surface area contributed by atoms with Crippen LogP contribution >= 0.6 is 0 Å². The quantitative estimate of drug-likeness (QED) is 0.599. The molecule has 11 heteroatoms. The number of rotatable bonds is 5. The van der Waals surface area contributed by atoms with Gasteiger partial charge < -0.3 is 4.74 Å². The molecule has 0 amide bonds. The van der Waals surface area contributed by atoms with Crippen LogP contribution in [0.25, 0.3) is 11.4 Å². The summed E-state index contributed by atoms with van der Waals surface area (Å²) in [6.07, 6.45) is 0. The fourth-order valence-corrected chi connectivity index (χ4v) is 2.02. The molecule has 0 bridgehead atoms. The average molecular weight is 313 g/mol. The summed E-state index contributed by atoms with van der Waals surface area (Å²) in [6, 6.07) is 4.17. The Labute approximate surface area is 119 Å². The first-order valence-corrected chi connectivity index (χ1v) is 7.25. The predicted octanol–water partition coefficient (Wildman–Crippen LogP) is 0.426. The number of hydrogen-bond donors (Lipinski definition) is 2. The van der Waals surface area contributed by atoms with E-state index in [9.17, 15) is 18.5 Å². The maximum atomic E-state index is 11.2. The molecule has 0 aliphatic rings. The molecule has 2 aromatic rings. The van der Waals surface area contributed by atoms with Crippen molar-refractivity contribution in [2.45, 2.75) is 12.1 Å². The molecule has 0 saturated heterocycles. The van der Waals surface area contributed by atoms with Gasteiger partial charge in [-0.15, -0.1) is 0 Å². The molecule has 2 rings (SSSR count). The van der Waals surface area contributed by atoms with E-state index in [0.29, 0.717) is 0 Å². The Hall–Kier alpha value is -2.53. The van der Waals surface area contributed by atoms with Gasteiger partial charge >= 0.3 is 5.69 Å². The number of ether oxygens (including phenoxy) is 1. The highest BCUT2D eigenvalue weighted by Gasteiger charge is 2.23. The lowest BCUT2D eigenvalue weighted by Gasteiger charge is -2.07. The van der Waals surface area contributed by atoms with Gasteiger partial charge in [0.15, 0.2) is 5.82 Å². The minimum Gasteiger partial charge on any atom is -0.487 e. The second-order valence-corrected chi connectivity index (χ2v) is 5.33. The van der Waals surface area contributed by atoms with Gasteiger partial charge in [0.2, 0.25) is 5.75 Å². The number of nitrogens with zero attached hydrogens (tertiary/aromatic N) is 3. The summed E-state index contributed by atoms with van der Waals surface area (Å²) in [4.78, 5) is 14.1. The highest BCUT2D eigenvalue weighted by atomic mass is 32.2. The van der Waals surface area contributed by atoms with Gasteiger partial charge in [-0.25, -0.2) is 18.7 Å². The predicted molar refractivity (Wildman–Crippen MR) is 71.0 cm³/mol. The highest BCUT2D eigenvalue weighted by molar-refractivity contribution is 7.89. The van der Waals surface area contributed by atoms with Crippen LogP contribution in [0.15, 0.2) is 23.4 Å². The summed E-state index contributed by atoms with van der Waals surface area (Å²) >= 11 is 0. The number of sulfonamides is 1. The smallest absolute Gasteiger partial charge is 0.311 e. The van der Waals surface area contributed by atoms with E-state index in [1.54, 1.807) is 6.92 Å². The lowest BCUT2D eigenvalue weighted by atomic mass is 10.1. The number of benzene rings is 1. The van der Waals surface area contributed by atoms with Crippen molar-refractivity contribution in [3.8, 4) is 17.1 Å². The molecule has 0 saturated carbocycles. The number of H-pyrrole nitrogens is 1. The first-order valence-electron chi connectivity index (χ1n) is 5.70. The number of hydrogen-bond acceptors (Lipinski definition) is 7. The molecule has 21 heavy (non-hydrogen) atoms. The van der Waals surface area contributed by atoms with Crippen molar-refractivity contribution in [1.29, 1.82) is 0 Å². The van der Waals surface area contributed by atoms with Crippen molar-refractivity contribution >= 4 is 15.7 Å². The summed E-state index contributed by atoms with van der Waals surface area (Å²) < 4.78 is 27.6. The molecule has 0 unspecified atom stereocenters. The van der Waals surface area contributed by atoms with Crippen LogP contribution in [0.4, 0.5) is 5.69 Å². The van der Waals surface area contributed by atoms with Gasteiger partial charge in [0, 0.05) is 6.07 Å². The molecule has 0 radical (unpaired) electrons. The lowest BCUT2D eigenvalue weighted by molar-refractivity contribution is -0.385. The molecule has 3 N–H and O–H groups in total. The first-order chi connectivity index (χ1) is 9.84. The molecule has 1 aromatic heterocycles. The summed E-state index contributed by atoms with van der Waals surface area (Å²) in [7, 11) is -4.05. The maximum Gasteiger partial charge on any atom is 0.311 e. The number of nitrogens with one attached hydrogen (secondary N) is 1. The minimum absolute atomic E-state index is 0.0371. The van der Waals surface area contributed by atoms with Crippen molar-refractivity contribution in [3.63, 3.8) is 0 Å². The number of nitrogens with two attached hydrogens (primary N) is 1. The molecule has 10 nitrogen and oxygen atoms in total. The van der Waals surface area contributed by atoms with Crippen molar-refractivity contribution in [1.82, 2.24) is 15.2 Å². The first kappa shape index (κ1) is 14.9. The van der Waals surface area contributed by atoms with Crippen LogP contribution in [0.1, 0.15) is 6.92 Å². The Bertz CT molecular complexity index is 785. The number of aromatic amines is 1. The van der Waals surface area contributed by atoms with Crippen molar-refractivity contribution in [2.24, 2.45) is 5.14 Å². The van der Waals surface area contributed by atoms with E-state index in [1.165, 1.54) is 18.2 Å². The second kappa shape index (κ2) is 5.46. The summed E-state index contributed by atoms with van der Waals surface area (Å²) in [5, 5.41) is 21.3. The van der Waals surface area contributed by atoms with E-state index < -0.39 is 20.1 Å². The zero-order valence-corrected chi connectivity index (χ0v) is 11.6. The Kier molecular flexibility index (Phi) is 3.86. The number of nitro benzene ring substituents is 1. The van der Waals surface area contributed by atoms with Gasteiger partial charge in [0.05, 0.1) is 17.1 Å². The fraction of sp³-hybridized carbons (Fsp3) is 0.200. The van der Waals surface area contributed by atoms with Crippen molar-refractivity contribution in [2.75, 3.05) is 6.61 Å². The third-order valence-electron chi connectivity index (χ3n) is 2.45. The largest absolute Gasteiger partial charge is 0.487 e. The third kappa shape index (κ3) is 2.98. The van der Waals surface area contributed by atoms with Gasteiger partial charge in [-0.3, -0.25) is 10.1 Å². The van der Waals surface area contributed by atoms with E-state index in [0.717, 1.165) is 0 Å². The number of para-hydroxylation sites is 1. The monoisotopic (exact) mass is 313 g/mol. The second-order valence-electron chi connectivity index (χ2n) is 3.85. The van der Waals surface area contributed by atoms with Crippen molar-refractivity contribution < 1.29 is 18.1 Å². The summed E-state index contributed by atoms with van der Waals surface area (Å²) in [6.45, 7) is 1.85. The number of primary sulfonamides is 1.